The Morgan fingerprint density at radius 1 is 1.25 bits per heavy atom. The molecule has 6 nitrogen and oxygen atoms in total. The zero-order valence-corrected chi connectivity index (χ0v) is 13.1. The predicted molar refractivity (Wildman–Crippen MR) is 87.0 cm³/mol. The molecule has 1 fully saturated rings. The van der Waals surface area contributed by atoms with Gasteiger partial charge in [-0.3, -0.25) is 9.78 Å². The second-order valence-corrected chi connectivity index (χ2v) is 5.78. The maximum atomic E-state index is 12.2. The third kappa shape index (κ3) is 4.10. The van der Waals surface area contributed by atoms with E-state index in [9.17, 15) is 9.59 Å². The molecule has 0 atom stereocenters. The molecule has 6 heteroatoms. The Morgan fingerprint density at radius 3 is 2.79 bits per heavy atom. The van der Waals surface area contributed by atoms with E-state index in [4.69, 9.17) is 9.84 Å². The number of benzene rings is 1. The van der Waals surface area contributed by atoms with Crippen LogP contribution in [0.5, 0.6) is 5.75 Å². The average Bonchev–Trinajstić information content (AvgIpc) is 3.43. The standard InChI is InChI=1S/C18H18N2O4/c21-17(15-9-13(18(22)23)7-8-19-15)20-10-14-3-1-2-4-16(14)24-11-12-5-6-12/h1-4,7-9,12H,5-6,10-11H2,(H,20,21)(H,22,23). The number of carbonyl (C=O) groups is 2. The molecule has 0 bridgehead atoms. The summed E-state index contributed by atoms with van der Waals surface area (Å²) in [5.41, 5.74) is 0.982. The highest BCUT2D eigenvalue weighted by Gasteiger charge is 2.22. The lowest BCUT2D eigenvalue weighted by molar-refractivity contribution is 0.0696. The second-order valence-electron chi connectivity index (χ2n) is 5.78. The van der Waals surface area contributed by atoms with E-state index >= 15 is 0 Å². The van der Waals surface area contributed by atoms with Gasteiger partial charge in [0.1, 0.15) is 11.4 Å². The molecule has 0 aliphatic heterocycles. The van der Waals surface area contributed by atoms with Crippen LogP contribution in [0.4, 0.5) is 0 Å². The second kappa shape index (κ2) is 7.12. The molecule has 1 aromatic carbocycles. The molecule has 2 N–H and O–H groups in total. The molecule has 0 radical (unpaired) electrons. The van der Waals surface area contributed by atoms with Gasteiger partial charge in [-0.2, -0.15) is 0 Å². The van der Waals surface area contributed by atoms with E-state index in [1.807, 2.05) is 24.3 Å². The van der Waals surface area contributed by atoms with Crippen molar-refractivity contribution in [2.24, 2.45) is 5.92 Å². The van der Waals surface area contributed by atoms with E-state index < -0.39 is 11.9 Å². The first kappa shape index (κ1) is 16.0. The predicted octanol–water partition coefficient (Wildman–Crippen LogP) is 2.50. The number of hydrogen-bond acceptors (Lipinski definition) is 4. The smallest absolute Gasteiger partial charge is 0.335 e. The van der Waals surface area contributed by atoms with Crippen LogP contribution in [0.3, 0.4) is 0 Å². The molecule has 0 saturated heterocycles. The molecule has 24 heavy (non-hydrogen) atoms. The molecule has 0 spiro atoms. The van der Waals surface area contributed by atoms with Crippen LogP contribution in [0, 0.1) is 5.92 Å². The van der Waals surface area contributed by atoms with Crippen LogP contribution in [-0.2, 0) is 6.54 Å². The van der Waals surface area contributed by atoms with Crippen LogP contribution in [-0.4, -0.2) is 28.6 Å². The average molecular weight is 326 g/mol. The van der Waals surface area contributed by atoms with Gasteiger partial charge in [0.15, 0.2) is 0 Å². The van der Waals surface area contributed by atoms with Crippen LogP contribution < -0.4 is 10.1 Å². The highest BCUT2D eigenvalue weighted by atomic mass is 16.5. The van der Waals surface area contributed by atoms with Crippen LogP contribution in [0.2, 0.25) is 0 Å². The van der Waals surface area contributed by atoms with E-state index in [1.165, 1.54) is 31.2 Å². The first-order valence-electron chi connectivity index (χ1n) is 7.82. The van der Waals surface area contributed by atoms with Crippen LogP contribution >= 0.6 is 0 Å². The number of ether oxygens (including phenoxy) is 1. The van der Waals surface area contributed by atoms with Gasteiger partial charge in [-0.05, 0) is 37.0 Å². The maximum Gasteiger partial charge on any atom is 0.335 e. The molecule has 2 aromatic rings. The Morgan fingerprint density at radius 2 is 2.04 bits per heavy atom. The number of amides is 1. The lowest BCUT2D eigenvalue weighted by Gasteiger charge is -2.12. The zero-order valence-electron chi connectivity index (χ0n) is 13.1. The molecule has 1 heterocycles. The number of aromatic nitrogens is 1. The molecular formula is C18H18N2O4. The number of hydrogen-bond donors (Lipinski definition) is 2. The van der Waals surface area contributed by atoms with Gasteiger partial charge in [-0.25, -0.2) is 4.79 Å². The Bertz CT molecular complexity index is 756. The molecule has 124 valence electrons. The Balaban J connectivity index is 1.63. The van der Waals surface area contributed by atoms with Crippen LogP contribution in [0.1, 0.15) is 39.3 Å². The fraction of sp³-hybridized carbons (Fsp3) is 0.278. The van der Waals surface area contributed by atoms with Crippen LogP contribution in [0.15, 0.2) is 42.6 Å². The van der Waals surface area contributed by atoms with Crippen molar-refractivity contribution in [2.45, 2.75) is 19.4 Å². The van der Waals surface area contributed by atoms with Crippen molar-refractivity contribution < 1.29 is 19.4 Å². The maximum absolute atomic E-state index is 12.2. The van der Waals surface area contributed by atoms with Gasteiger partial charge in [-0.1, -0.05) is 18.2 Å². The minimum Gasteiger partial charge on any atom is -0.493 e. The summed E-state index contributed by atoms with van der Waals surface area (Å²) in [6.07, 6.45) is 3.74. The summed E-state index contributed by atoms with van der Waals surface area (Å²) in [7, 11) is 0. The summed E-state index contributed by atoms with van der Waals surface area (Å²) in [6.45, 7) is 0.992. The largest absolute Gasteiger partial charge is 0.493 e. The molecule has 1 aliphatic rings. The van der Waals surface area contributed by atoms with E-state index in [2.05, 4.69) is 10.3 Å². The van der Waals surface area contributed by atoms with Crippen molar-refractivity contribution in [3.63, 3.8) is 0 Å². The van der Waals surface area contributed by atoms with Crippen LogP contribution in [0.25, 0.3) is 0 Å². The summed E-state index contributed by atoms with van der Waals surface area (Å²) >= 11 is 0. The Kier molecular flexibility index (Phi) is 4.74. The number of carboxylic acids is 1. The number of para-hydroxylation sites is 1. The number of rotatable bonds is 7. The molecule has 1 aliphatic carbocycles. The lowest BCUT2D eigenvalue weighted by atomic mass is 10.2. The molecular weight excluding hydrogens is 308 g/mol. The fourth-order valence-corrected chi connectivity index (χ4v) is 2.24. The summed E-state index contributed by atoms with van der Waals surface area (Å²) in [6, 6.07) is 10.2. The van der Waals surface area contributed by atoms with Gasteiger partial charge in [0, 0.05) is 18.3 Å². The summed E-state index contributed by atoms with van der Waals surface area (Å²) in [4.78, 5) is 27.0. The third-order valence-electron chi connectivity index (χ3n) is 3.82. The zero-order chi connectivity index (χ0) is 16.9. The summed E-state index contributed by atoms with van der Waals surface area (Å²) in [5.74, 6) is -0.104. The lowest BCUT2D eigenvalue weighted by Crippen LogP contribution is -2.24. The third-order valence-corrected chi connectivity index (χ3v) is 3.82. The fourth-order valence-electron chi connectivity index (χ4n) is 2.24. The Labute approximate surface area is 139 Å². The molecule has 1 saturated carbocycles. The van der Waals surface area contributed by atoms with Crippen molar-refractivity contribution in [1.29, 1.82) is 0 Å². The van der Waals surface area contributed by atoms with E-state index in [0.717, 1.165) is 11.3 Å². The van der Waals surface area contributed by atoms with Gasteiger partial charge in [0.25, 0.3) is 5.91 Å². The highest BCUT2D eigenvalue weighted by Crippen LogP contribution is 2.30. The van der Waals surface area contributed by atoms with Gasteiger partial charge in [0.2, 0.25) is 0 Å². The summed E-state index contributed by atoms with van der Waals surface area (Å²) < 4.78 is 5.81. The first-order chi connectivity index (χ1) is 11.6. The van der Waals surface area contributed by atoms with Crippen molar-refractivity contribution in [2.75, 3.05) is 6.61 Å². The van der Waals surface area contributed by atoms with Crippen molar-refractivity contribution >= 4 is 11.9 Å². The first-order valence-corrected chi connectivity index (χ1v) is 7.82. The molecule has 0 unspecified atom stereocenters. The van der Waals surface area contributed by atoms with Gasteiger partial charge in [-0.15, -0.1) is 0 Å². The van der Waals surface area contributed by atoms with Crippen molar-refractivity contribution in [1.82, 2.24) is 10.3 Å². The summed E-state index contributed by atoms with van der Waals surface area (Å²) in [5, 5.41) is 11.7. The SMILES string of the molecule is O=C(O)c1ccnc(C(=O)NCc2ccccc2OCC2CC2)c1. The quantitative estimate of drug-likeness (QED) is 0.816. The highest BCUT2D eigenvalue weighted by molar-refractivity contribution is 5.95. The van der Waals surface area contributed by atoms with Crippen molar-refractivity contribution in [3.8, 4) is 5.75 Å². The number of nitrogens with zero attached hydrogens (tertiary/aromatic N) is 1. The topological polar surface area (TPSA) is 88.5 Å². The van der Waals surface area contributed by atoms with E-state index in [1.54, 1.807) is 0 Å². The number of pyridine rings is 1. The van der Waals surface area contributed by atoms with E-state index in [0.29, 0.717) is 19.1 Å². The Hall–Kier alpha value is -2.89. The number of aromatic carboxylic acids is 1. The number of carbonyl (C=O) groups excluding carboxylic acids is 1. The molecule has 1 amide bonds. The van der Waals surface area contributed by atoms with Gasteiger partial charge >= 0.3 is 5.97 Å². The number of carboxylic acid groups (broad SMARTS) is 1. The molecule has 1 aromatic heterocycles. The van der Waals surface area contributed by atoms with Gasteiger partial charge < -0.3 is 15.2 Å². The number of nitrogens with one attached hydrogen (secondary N) is 1. The minimum absolute atomic E-state index is 0.0308. The van der Waals surface area contributed by atoms with Crippen molar-refractivity contribution in [3.05, 3.63) is 59.4 Å². The normalized spacial score (nSPS) is 13.3. The molecule has 3 rings (SSSR count). The monoisotopic (exact) mass is 326 g/mol. The van der Waals surface area contributed by atoms with E-state index in [-0.39, 0.29) is 11.3 Å². The van der Waals surface area contributed by atoms with Gasteiger partial charge in [0.05, 0.1) is 12.2 Å². The minimum atomic E-state index is -1.09.